The molecule has 0 bridgehead atoms. The van der Waals surface area contributed by atoms with Crippen LogP contribution in [0.4, 0.5) is 0 Å². The standard InChI is InChI=1S/C23H19N3O5/c1-15-20(19(27)11-12-29-15)30-14-17-7-9-18(10-8-17)21-25-23(31-26-21)22(28)24-13-16-5-3-2-4-6-16/h2-12H,13-14H2,1H3,(H,24,28). The molecule has 4 aromatic rings. The molecular formula is C23H19N3O5. The molecule has 4 rings (SSSR count). The average Bonchev–Trinajstić information content (AvgIpc) is 3.29. The first-order valence-electron chi connectivity index (χ1n) is 9.56. The number of carbonyl (C=O) groups is 1. The molecule has 8 nitrogen and oxygen atoms in total. The number of nitrogens with zero attached hydrogens (tertiary/aromatic N) is 2. The van der Waals surface area contributed by atoms with Crippen molar-refractivity contribution < 1.29 is 18.5 Å². The highest BCUT2D eigenvalue weighted by Crippen LogP contribution is 2.18. The van der Waals surface area contributed by atoms with Gasteiger partial charge >= 0.3 is 11.8 Å². The minimum absolute atomic E-state index is 0.107. The van der Waals surface area contributed by atoms with E-state index in [1.807, 2.05) is 42.5 Å². The predicted octanol–water partition coefficient (Wildman–Crippen LogP) is 3.51. The molecule has 0 saturated carbocycles. The van der Waals surface area contributed by atoms with Gasteiger partial charge < -0.3 is 19.0 Å². The SMILES string of the molecule is Cc1occc(=O)c1OCc1ccc(-c2noc(C(=O)NCc3ccccc3)n2)cc1. The van der Waals surface area contributed by atoms with Crippen LogP contribution in [0.3, 0.4) is 0 Å². The summed E-state index contributed by atoms with van der Waals surface area (Å²) in [6, 6.07) is 18.1. The van der Waals surface area contributed by atoms with E-state index in [9.17, 15) is 9.59 Å². The zero-order valence-electron chi connectivity index (χ0n) is 16.7. The monoisotopic (exact) mass is 417 g/mol. The lowest BCUT2D eigenvalue weighted by molar-refractivity contribution is 0.0907. The van der Waals surface area contributed by atoms with Crippen molar-refractivity contribution in [1.29, 1.82) is 0 Å². The highest BCUT2D eigenvalue weighted by atomic mass is 16.5. The van der Waals surface area contributed by atoms with Crippen molar-refractivity contribution in [3.8, 4) is 17.1 Å². The molecule has 0 spiro atoms. The summed E-state index contributed by atoms with van der Waals surface area (Å²) in [7, 11) is 0. The lowest BCUT2D eigenvalue weighted by Gasteiger charge is -2.07. The molecule has 0 atom stereocenters. The Labute approximate surface area is 177 Å². The van der Waals surface area contributed by atoms with E-state index in [1.165, 1.54) is 12.3 Å². The van der Waals surface area contributed by atoms with Gasteiger partial charge in [0.05, 0.1) is 6.26 Å². The van der Waals surface area contributed by atoms with Crippen LogP contribution < -0.4 is 15.5 Å². The van der Waals surface area contributed by atoms with E-state index in [-0.39, 0.29) is 23.7 Å². The first kappa shape index (κ1) is 20.1. The van der Waals surface area contributed by atoms with Crippen LogP contribution in [0, 0.1) is 6.92 Å². The lowest BCUT2D eigenvalue weighted by Crippen LogP contribution is -2.23. The van der Waals surface area contributed by atoms with Crippen LogP contribution in [0.1, 0.15) is 27.6 Å². The molecule has 0 radical (unpaired) electrons. The van der Waals surface area contributed by atoms with Crippen LogP contribution in [-0.4, -0.2) is 16.0 Å². The molecule has 2 heterocycles. The molecule has 0 fully saturated rings. The van der Waals surface area contributed by atoms with Gasteiger partial charge in [-0.3, -0.25) is 9.59 Å². The van der Waals surface area contributed by atoms with Crippen LogP contribution >= 0.6 is 0 Å². The largest absolute Gasteiger partial charge is 0.482 e. The van der Waals surface area contributed by atoms with Gasteiger partial charge in [0.25, 0.3) is 0 Å². The Kier molecular flexibility index (Phi) is 5.89. The van der Waals surface area contributed by atoms with Gasteiger partial charge in [0.1, 0.15) is 12.4 Å². The highest BCUT2D eigenvalue weighted by Gasteiger charge is 2.16. The number of nitrogens with one attached hydrogen (secondary N) is 1. The van der Waals surface area contributed by atoms with Crippen LogP contribution in [0.25, 0.3) is 11.4 Å². The summed E-state index contributed by atoms with van der Waals surface area (Å²) in [5.41, 5.74) is 2.27. The normalized spacial score (nSPS) is 10.6. The topological polar surface area (TPSA) is 107 Å². The number of rotatable bonds is 7. The van der Waals surface area contributed by atoms with E-state index in [0.717, 1.165) is 11.1 Å². The van der Waals surface area contributed by atoms with Crippen molar-refractivity contribution in [3.63, 3.8) is 0 Å². The molecule has 0 saturated heterocycles. The quantitative estimate of drug-likeness (QED) is 0.490. The molecule has 2 aromatic heterocycles. The van der Waals surface area contributed by atoms with Crippen LogP contribution in [0.15, 0.2) is 80.7 Å². The first-order valence-corrected chi connectivity index (χ1v) is 9.56. The maximum Gasteiger partial charge on any atom is 0.316 e. The lowest BCUT2D eigenvalue weighted by atomic mass is 10.1. The van der Waals surface area contributed by atoms with E-state index in [1.54, 1.807) is 19.1 Å². The van der Waals surface area contributed by atoms with Gasteiger partial charge in [-0.25, -0.2) is 0 Å². The Bertz CT molecular complexity index is 1230. The zero-order chi connectivity index (χ0) is 21.6. The predicted molar refractivity (Wildman–Crippen MR) is 111 cm³/mol. The third-order valence-corrected chi connectivity index (χ3v) is 4.52. The summed E-state index contributed by atoms with van der Waals surface area (Å²) in [6.07, 6.45) is 1.33. The second kappa shape index (κ2) is 9.08. The third kappa shape index (κ3) is 4.87. The van der Waals surface area contributed by atoms with Crippen molar-refractivity contribution in [1.82, 2.24) is 15.5 Å². The second-order valence-electron chi connectivity index (χ2n) is 6.75. The number of benzene rings is 2. The molecule has 8 heteroatoms. The molecule has 2 aromatic carbocycles. The highest BCUT2D eigenvalue weighted by molar-refractivity contribution is 5.89. The molecule has 156 valence electrons. The van der Waals surface area contributed by atoms with Gasteiger partial charge in [0, 0.05) is 18.2 Å². The first-order chi connectivity index (χ1) is 15.1. The van der Waals surface area contributed by atoms with Crippen molar-refractivity contribution in [2.45, 2.75) is 20.1 Å². The van der Waals surface area contributed by atoms with Crippen LogP contribution in [0.2, 0.25) is 0 Å². The Hall–Kier alpha value is -4.20. The molecule has 0 aliphatic rings. The summed E-state index contributed by atoms with van der Waals surface area (Å²) in [5, 5.41) is 6.62. The summed E-state index contributed by atoms with van der Waals surface area (Å²) in [6.45, 7) is 2.24. The molecule has 31 heavy (non-hydrogen) atoms. The van der Waals surface area contributed by atoms with Crippen molar-refractivity contribution in [2.75, 3.05) is 0 Å². The molecular weight excluding hydrogens is 398 g/mol. The van der Waals surface area contributed by atoms with Crippen molar-refractivity contribution in [2.24, 2.45) is 0 Å². The van der Waals surface area contributed by atoms with Crippen molar-refractivity contribution in [3.05, 3.63) is 99.9 Å². The Morgan fingerprint density at radius 3 is 2.55 bits per heavy atom. The van der Waals surface area contributed by atoms with Gasteiger partial charge in [-0.2, -0.15) is 4.98 Å². The minimum Gasteiger partial charge on any atom is -0.482 e. The van der Waals surface area contributed by atoms with E-state index in [2.05, 4.69) is 15.5 Å². The molecule has 0 aliphatic carbocycles. The van der Waals surface area contributed by atoms with Gasteiger partial charge in [-0.05, 0) is 18.1 Å². The fraction of sp³-hybridized carbons (Fsp3) is 0.130. The number of hydrogen-bond acceptors (Lipinski definition) is 7. The average molecular weight is 417 g/mol. The molecule has 0 unspecified atom stereocenters. The zero-order valence-corrected chi connectivity index (χ0v) is 16.7. The molecule has 1 amide bonds. The fourth-order valence-electron chi connectivity index (χ4n) is 2.87. The van der Waals surface area contributed by atoms with Crippen molar-refractivity contribution >= 4 is 5.91 Å². The summed E-state index contributed by atoms with van der Waals surface area (Å²) < 4.78 is 15.9. The number of carbonyl (C=O) groups excluding carboxylic acids is 1. The maximum atomic E-state index is 12.2. The summed E-state index contributed by atoms with van der Waals surface area (Å²) >= 11 is 0. The smallest absolute Gasteiger partial charge is 0.316 e. The van der Waals surface area contributed by atoms with Gasteiger partial charge in [0.2, 0.25) is 17.0 Å². The Morgan fingerprint density at radius 2 is 1.81 bits per heavy atom. The Balaban J connectivity index is 1.37. The number of aromatic nitrogens is 2. The van der Waals surface area contributed by atoms with Crippen LogP contribution in [-0.2, 0) is 13.2 Å². The fourth-order valence-corrected chi connectivity index (χ4v) is 2.87. The van der Waals surface area contributed by atoms with E-state index in [0.29, 0.717) is 23.7 Å². The van der Waals surface area contributed by atoms with E-state index < -0.39 is 5.91 Å². The minimum atomic E-state index is -0.440. The summed E-state index contributed by atoms with van der Waals surface area (Å²) in [4.78, 5) is 28.2. The van der Waals surface area contributed by atoms with Gasteiger partial charge in [-0.15, -0.1) is 0 Å². The Morgan fingerprint density at radius 1 is 1.03 bits per heavy atom. The maximum absolute atomic E-state index is 12.2. The summed E-state index contributed by atoms with van der Waals surface area (Å²) in [5.74, 6) is 0.371. The van der Waals surface area contributed by atoms with Crippen LogP contribution in [0.5, 0.6) is 5.75 Å². The van der Waals surface area contributed by atoms with E-state index >= 15 is 0 Å². The second-order valence-corrected chi connectivity index (χ2v) is 6.75. The number of ether oxygens (including phenoxy) is 1. The number of hydrogen-bond donors (Lipinski definition) is 1. The molecule has 0 aliphatic heterocycles. The van der Waals surface area contributed by atoms with E-state index in [4.69, 9.17) is 13.7 Å². The van der Waals surface area contributed by atoms with Gasteiger partial charge in [-0.1, -0.05) is 59.8 Å². The molecule has 1 N–H and O–H groups in total. The number of amides is 1. The van der Waals surface area contributed by atoms with Gasteiger partial charge in [0.15, 0.2) is 0 Å². The number of aryl methyl sites for hydroxylation is 1. The third-order valence-electron chi connectivity index (χ3n) is 4.52.